The third-order valence-corrected chi connectivity index (χ3v) is 3.41. The lowest BCUT2D eigenvalue weighted by molar-refractivity contribution is -0.115. The van der Waals surface area contributed by atoms with Gasteiger partial charge in [0.2, 0.25) is 5.91 Å². The number of para-hydroxylation sites is 1. The summed E-state index contributed by atoms with van der Waals surface area (Å²) in [4.78, 5) is 12.1. The minimum absolute atomic E-state index is 0.185. The number of anilines is 1. The lowest BCUT2D eigenvalue weighted by Crippen LogP contribution is -2.15. The molecule has 0 aliphatic carbocycles. The molecule has 0 radical (unpaired) electrons. The lowest BCUT2D eigenvalue weighted by Gasteiger charge is -2.10. The highest BCUT2D eigenvalue weighted by molar-refractivity contribution is 9.10. The van der Waals surface area contributed by atoms with E-state index in [1.807, 2.05) is 24.3 Å². The van der Waals surface area contributed by atoms with Crippen LogP contribution in [0.25, 0.3) is 0 Å². The van der Waals surface area contributed by atoms with Crippen LogP contribution in [-0.2, 0) is 11.2 Å². The fourth-order valence-corrected chi connectivity index (χ4v) is 2.30. The Bertz CT molecular complexity index is 708. The van der Waals surface area contributed by atoms with Crippen molar-refractivity contribution in [1.82, 2.24) is 0 Å². The summed E-state index contributed by atoms with van der Waals surface area (Å²) in [5.74, 6) is 0.474. The SMILES string of the molecule is COc1ccccc1CC(=O)Nc1ccc(Br)cc1C#N. The average Bonchev–Trinajstić information content (AvgIpc) is 2.49. The number of amides is 1. The maximum atomic E-state index is 12.1. The second kappa shape index (κ2) is 6.91. The van der Waals surface area contributed by atoms with Crippen molar-refractivity contribution in [2.45, 2.75) is 6.42 Å². The van der Waals surface area contributed by atoms with Crippen LogP contribution in [0.1, 0.15) is 11.1 Å². The van der Waals surface area contributed by atoms with Gasteiger partial charge in [-0.25, -0.2) is 0 Å². The first kappa shape index (κ1) is 15.1. The van der Waals surface area contributed by atoms with Crippen LogP contribution >= 0.6 is 15.9 Å². The summed E-state index contributed by atoms with van der Waals surface area (Å²) in [6.07, 6.45) is 0.185. The Morgan fingerprint density at radius 1 is 1.33 bits per heavy atom. The number of hydrogen-bond acceptors (Lipinski definition) is 3. The number of halogens is 1. The van der Waals surface area contributed by atoms with Crippen molar-refractivity contribution >= 4 is 27.5 Å². The smallest absolute Gasteiger partial charge is 0.228 e. The van der Waals surface area contributed by atoms with Crippen LogP contribution in [0.3, 0.4) is 0 Å². The first-order chi connectivity index (χ1) is 10.1. The molecule has 0 unspecified atom stereocenters. The van der Waals surface area contributed by atoms with Gasteiger partial charge in [-0.15, -0.1) is 0 Å². The number of nitrogens with zero attached hydrogens (tertiary/aromatic N) is 1. The molecule has 4 nitrogen and oxygen atoms in total. The van der Waals surface area contributed by atoms with Gasteiger partial charge in [-0.1, -0.05) is 34.1 Å². The number of rotatable bonds is 4. The van der Waals surface area contributed by atoms with Crippen LogP contribution in [0.5, 0.6) is 5.75 Å². The Balaban J connectivity index is 2.14. The zero-order valence-corrected chi connectivity index (χ0v) is 13.0. The van der Waals surface area contributed by atoms with Crippen molar-refractivity contribution in [3.63, 3.8) is 0 Å². The molecule has 1 N–H and O–H groups in total. The molecule has 0 fully saturated rings. The largest absolute Gasteiger partial charge is 0.496 e. The van der Waals surface area contributed by atoms with Crippen molar-refractivity contribution in [3.05, 3.63) is 58.1 Å². The number of carbonyl (C=O) groups excluding carboxylic acids is 1. The monoisotopic (exact) mass is 344 g/mol. The second-order valence-electron chi connectivity index (χ2n) is 4.34. The molecule has 2 aromatic carbocycles. The Kier molecular flexibility index (Phi) is 4.96. The van der Waals surface area contributed by atoms with Gasteiger partial charge in [-0.2, -0.15) is 5.26 Å². The van der Waals surface area contributed by atoms with Crippen molar-refractivity contribution in [2.75, 3.05) is 12.4 Å². The second-order valence-corrected chi connectivity index (χ2v) is 5.25. The summed E-state index contributed by atoms with van der Waals surface area (Å²) in [5.41, 5.74) is 1.71. The molecule has 5 heteroatoms. The number of methoxy groups -OCH3 is 1. The molecule has 2 rings (SSSR count). The van der Waals surface area contributed by atoms with Crippen LogP contribution in [0.2, 0.25) is 0 Å². The van der Waals surface area contributed by atoms with E-state index in [-0.39, 0.29) is 12.3 Å². The summed E-state index contributed by atoms with van der Waals surface area (Å²) in [7, 11) is 1.57. The van der Waals surface area contributed by atoms with Gasteiger partial charge < -0.3 is 10.1 Å². The number of ether oxygens (including phenoxy) is 1. The van der Waals surface area contributed by atoms with E-state index in [4.69, 9.17) is 10.00 Å². The molecule has 106 valence electrons. The highest BCUT2D eigenvalue weighted by Gasteiger charge is 2.10. The zero-order valence-electron chi connectivity index (χ0n) is 11.4. The number of carbonyl (C=O) groups is 1. The molecule has 2 aromatic rings. The first-order valence-corrected chi connectivity index (χ1v) is 7.04. The van der Waals surface area contributed by atoms with Gasteiger partial charge in [-0.05, 0) is 24.3 Å². The fourth-order valence-electron chi connectivity index (χ4n) is 1.93. The summed E-state index contributed by atoms with van der Waals surface area (Å²) >= 11 is 3.30. The topological polar surface area (TPSA) is 62.1 Å². The maximum Gasteiger partial charge on any atom is 0.228 e. The van der Waals surface area contributed by atoms with Crippen molar-refractivity contribution < 1.29 is 9.53 Å². The summed E-state index contributed by atoms with van der Waals surface area (Å²) in [6, 6.07) is 14.5. The van der Waals surface area contributed by atoms with E-state index in [0.29, 0.717) is 17.0 Å². The lowest BCUT2D eigenvalue weighted by atomic mass is 10.1. The van der Waals surface area contributed by atoms with Crippen LogP contribution in [0.15, 0.2) is 46.9 Å². The number of nitriles is 1. The summed E-state index contributed by atoms with van der Waals surface area (Å²) in [5, 5.41) is 11.8. The Morgan fingerprint density at radius 2 is 2.10 bits per heavy atom. The summed E-state index contributed by atoms with van der Waals surface area (Å²) < 4.78 is 6.01. The first-order valence-electron chi connectivity index (χ1n) is 6.25. The van der Waals surface area contributed by atoms with Crippen LogP contribution < -0.4 is 10.1 Å². The maximum absolute atomic E-state index is 12.1. The minimum atomic E-state index is -0.196. The van der Waals surface area contributed by atoms with E-state index < -0.39 is 0 Å². The molecule has 0 saturated carbocycles. The standard InChI is InChI=1S/C16H13BrN2O2/c1-21-15-5-3-2-4-11(15)9-16(20)19-14-7-6-13(17)8-12(14)10-18/h2-8H,9H2,1H3,(H,19,20). The normalized spacial score (nSPS) is 9.76. The minimum Gasteiger partial charge on any atom is -0.496 e. The fraction of sp³-hybridized carbons (Fsp3) is 0.125. The van der Waals surface area contributed by atoms with Crippen molar-refractivity contribution in [1.29, 1.82) is 5.26 Å². The number of benzene rings is 2. The van der Waals surface area contributed by atoms with E-state index in [2.05, 4.69) is 27.3 Å². The quantitative estimate of drug-likeness (QED) is 0.922. The van der Waals surface area contributed by atoms with Gasteiger partial charge in [0, 0.05) is 10.0 Å². The van der Waals surface area contributed by atoms with Crippen LogP contribution in [-0.4, -0.2) is 13.0 Å². The van der Waals surface area contributed by atoms with Crippen LogP contribution in [0.4, 0.5) is 5.69 Å². The molecule has 0 heterocycles. The van der Waals surface area contributed by atoms with E-state index >= 15 is 0 Å². The predicted molar refractivity (Wildman–Crippen MR) is 84.2 cm³/mol. The number of nitrogens with one attached hydrogen (secondary N) is 1. The molecule has 0 aromatic heterocycles. The van der Waals surface area contributed by atoms with Gasteiger partial charge in [0.15, 0.2) is 0 Å². The molecule has 1 amide bonds. The van der Waals surface area contributed by atoms with Gasteiger partial charge >= 0.3 is 0 Å². The molecule has 0 bridgehead atoms. The van der Waals surface area contributed by atoms with E-state index in [1.165, 1.54) is 0 Å². The van der Waals surface area contributed by atoms with Gasteiger partial charge in [-0.3, -0.25) is 4.79 Å². The third kappa shape index (κ3) is 3.83. The molecular formula is C16H13BrN2O2. The Morgan fingerprint density at radius 3 is 2.81 bits per heavy atom. The Hall–Kier alpha value is -2.32. The predicted octanol–water partition coefficient (Wildman–Crippen LogP) is 3.51. The number of hydrogen-bond donors (Lipinski definition) is 1. The third-order valence-electron chi connectivity index (χ3n) is 2.92. The van der Waals surface area contributed by atoms with E-state index in [1.54, 1.807) is 25.3 Å². The zero-order chi connectivity index (χ0) is 15.2. The van der Waals surface area contributed by atoms with E-state index in [0.717, 1.165) is 10.0 Å². The highest BCUT2D eigenvalue weighted by Crippen LogP contribution is 2.22. The summed E-state index contributed by atoms with van der Waals surface area (Å²) in [6.45, 7) is 0. The molecule has 0 saturated heterocycles. The van der Waals surface area contributed by atoms with Gasteiger partial charge in [0.05, 0.1) is 24.8 Å². The Labute approximate surface area is 131 Å². The van der Waals surface area contributed by atoms with E-state index in [9.17, 15) is 4.79 Å². The molecule has 0 atom stereocenters. The van der Waals surface area contributed by atoms with Crippen LogP contribution in [0, 0.1) is 11.3 Å². The van der Waals surface area contributed by atoms with Gasteiger partial charge in [0.25, 0.3) is 0 Å². The molecular weight excluding hydrogens is 332 g/mol. The molecule has 0 aliphatic heterocycles. The van der Waals surface area contributed by atoms with Crippen molar-refractivity contribution in [3.8, 4) is 11.8 Å². The highest BCUT2D eigenvalue weighted by atomic mass is 79.9. The molecule has 0 spiro atoms. The molecule has 0 aliphatic rings. The van der Waals surface area contributed by atoms with Gasteiger partial charge in [0.1, 0.15) is 11.8 Å². The average molecular weight is 345 g/mol. The van der Waals surface area contributed by atoms with Crippen molar-refractivity contribution in [2.24, 2.45) is 0 Å². The molecule has 21 heavy (non-hydrogen) atoms.